The van der Waals surface area contributed by atoms with Gasteiger partial charge in [0.05, 0.1) is 6.61 Å². The molecule has 1 nitrogen and oxygen atoms in total. The van der Waals surface area contributed by atoms with Gasteiger partial charge in [0.15, 0.2) is 0 Å². The highest BCUT2D eigenvalue weighted by Crippen LogP contribution is 2.33. The number of hydrogen-bond donors (Lipinski definition) is 1. The number of hydrogen-bond acceptors (Lipinski definition) is 2. The molecule has 0 amide bonds. The van der Waals surface area contributed by atoms with Gasteiger partial charge in [0.1, 0.15) is 0 Å². The smallest absolute Gasteiger partial charge is 0.0647 e. The molecule has 0 atom stereocenters. The van der Waals surface area contributed by atoms with Gasteiger partial charge in [-0.15, -0.1) is 11.3 Å². The Bertz CT molecular complexity index is 576. The van der Waals surface area contributed by atoms with Crippen molar-refractivity contribution < 1.29 is 5.11 Å². The lowest BCUT2D eigenvalue weighted by Crippen LogP contribution is -2.11. The molecule has 3 rings (SSSR count). The number of thiophene rings is 1. The summed E-state index contributed by atoms with van der Waals surface area (Å²) in [6, 6.07) is 8.51. The van der Waals surface area contributed by atoms with Crippen LogP contribution in [-0.2, 0) is 0 Å². The van der Waals surface area contributed by atoms with Crippen LogP contribution in [-0.4, -0.2) is 11.7 Å². The fraction of sp³-hybridized carbons (Fsp3) is 0.412. The minimum absolute atomic E-state index is 0.203. The maximum atomic E-state index is 9.68. The van der Waals surface area contributed by atoms with Crippen LogP contribution in [0.2, 0.25) is 0 Å². The summed E-state index contributed by atoms with van der Waals surface area (Å²) < 4.78 is 1.33. The fourth-order valence-electron chi connectivity index (χ4n) is 3.08. The number of aliphatic hydroxyl groups is 1. The quantitative estimate of drug-likeness (QED) is 0.846. The number of aliphatic hydroxyl groups excluding tert-OH is 1. The van der Waals surface area contributed by atoms with E-state index in [9.17, 15) is 5.11 Å². The second kappa shape index (κ2) is 5.89. The van der Waals surface area contributed by atoms with Crippen molar-refractivity contribution in [2.75, 3.05) is 6.61 Å². The van der Waals surface area contributed by atoms with E-state index in [1.807, 2.05) is 0 Å². The normalized spacial score (nSPS) is 18.1. The SMILES string of the molecule is OCC(=Cc1csc2ccccc12)C1CCCCC1. The summed E-state index contributed by atoms with van der Waals surface area (Å²) in [5.41, 5.74) is 2.50. The highest BCUT2D eigenvalue weighted by molar-refractivity contribution is 7.17. The van der Waals surface area contributed by atoms with Gasteiger partial charge in [-0.1, -0.05) is 43.5 Å². The highest BCUT2D eigenvalue weighted by atomic mass is 32.1. The second-order valence-corrected chi connectivity index (χ2v) is 6.31. The summed E-state index contributed by atoms with van der Waals surface area (Å²) in [6.45, 7) is 0.203. The topological polar surface area (TPSA) is 20.2 Å². The molecule has 0 spiro atoms. The molecule has 0 bridgehead atoms. The minimum Gasteiger partial charge on any atom is -0.392 e. The molecule has 100 valence electrons. The third-order valence-corrected chi connectivity index (χ3v) is 5.15. The Labute approximate surface area is 118 Å². The van der Waals surface area contributed by atoms with E-state index in [0.29, 0.717) is 5.92 Å². The summed E-state index contributed by atoms with van der Waals surface area (Å²) in [5.74, 6) is 0.595. The van der Waals surface area contributed by atoms with Crippen molar-refractivity contribution in [1.29, 1.82) is 0 Å². The molecule has 0 unspecified atom stereocenters. The van der Waals surface area contributed by atoms with E-state index in [4.69, 9.17) is 0 Å². The molecule has 1 N–H and O–H groups in total. The average molecular weight is 272 g/mol. The zero-order chi connectivity index (χ0) is 13.1. The van der Waals surface area contributed by atoms with E-state index in [2.05, 4.69) is 35.7 Å². The summed E-state index contributed by atoms with van der Waals surface area (Å²) in [5, 5.41) is 13.2. The van der Waals surface area contributed by atoms with Gasteiger partial charge in [-0.3, -0.25) is 0 Å². The first kappa shape index (κ1) is 12.9. The lowest BCUT2D eigenvalue weighted by Gasteiger charge is -2.23. The molecular weight excluding hydrogens is 252 g/mol. The summed E-state index contributed by atoms with van der Waals surface area (Å²) >= 11 is 1.79. The lowest BCUT2D eigenvalue weighted by molar-refractivity contribution is 0.295. The molecule has 0 radical (unpaired) electrons. The maximum Gasteiger partial charge on any atom is 0.0647 e. The molecule has 2 aromatic rings. The summed E-state index contributed by atoms with van der Waals surface area (Å²) in [6.07, 6.45) is 8.70. The predicted molar refractivity (Wildman–Crippen MR) is 83.5 cm³/mol. The van der Waals surface area contributed by atoms with Crippen molar-refractivity contribution in [3.8, 4) is 0 Å². The second-order valence-electron chi connectivity index (χ2n) is 5.40. The van der Waals surface area contributed by atoms with Crippen LogP contribution in [0.25, 0.3) is 16.2 Å². The van der Waals surface area contributed by atoms with Gasteiger partial charge in [0, 0.05) is 4.70 Å². The molecule has 1 aromatic heterocycles. The Morgan fingerprint density at radius 3 is 2.79 bits per heavy atom. The zero-order valence-corrected chi connectivity index (χ0v) is 12.0. The molecular formula is C17H20OS. The van der Waals surface area contributed by atoms with Gasteiger partial charge in [0.25, 0.3) is 0 Å². The summed E-state index contributed by atoms with van der Waals surface area (Å²) in [4.78, 5) is 0. The molecule has 1 aliphatic carbocycles. The van der Waals surface area contributed by atoms with Crippen LogP contribution in [0, 0.1) is 5.92 Å². The van der Waals surface area contributed by atoms with Crippen molar-refractivity contribution in [3.63, 3.8) is 0 Å². The van der Waals surface area contributed by atoms with Crippen LogP contribution in [0.4, 0.5) is 0 Å². The average Bonchev–Trinajstić information content (AvgIpc) is 2.89. The van der Waals surface area contributed by atoms with Gasteiger partial charge < -0.3 is 5.11 Å². The number of rotatable bonds is 3. The van der Waals surface area contributed by atoms with E-state index in [0.717, 1.165) is 0 Å². The molecule has 1 fully saturated rings. The van der Waals surface area contributed by atoms with Gasteiger partial charge in [-0.05, 0) is 46.7 Å². The monoisotopic (exact) mass is 272 g/mol. The molecule has 1 aliphatic rings. The molecule has 1 saturated carbocycles. The number of fused-ring (bicyclic) bond motifs is 1. The Morgan fingerprint density at radius 2 is 2.00 bits per heavy atom. The van der Waals surface area contributed by atoms with Crippen molar-refractivity contribution >= 4 is 27.5 Å². The Balaban J connectivity index is 1.93. The van der Waals surface area contributed by atoms with Gasteiger partial charge in [-0.25, -0.2) is 0 Å². The van der Waals surface area contributed by atoms with E-state index in [-0.39, 0.29) is 6.61 Å². The van der Waals surface area contributed by atoms with Crippen LogP contribution in [0.5, 0.6) is 0 Å². The largest absolute Gasteiger partial charge is 0.392 e. The molecule has 0 aliphatic heterocycles. The molecule has 2 heteroatoms. The van der Waals surface area contributed by atoms with Crippen LogP contribution < -0.4 is 0 Å². The van der Waals surface area contributed by atoms with E-state index < -0.39 is 0 Å². The van der Waals surface area contributed by atoms with Gasteiger partial charge in [0.2, 0.25) is 0 Å². The van der Waals surface area contributed by atoms with Crippen molar-refractivity contribution in [3.05, 3.63) is 40.8 Å². The number of benzene rings is 1. The first-order valence-corrected chi connectivity index (χ1v) is 8.04. The van der Waals surface area contributed by atoms with Crippen molar-refractivity contribution in [2.45, 2.75) is 32.1 Å². The van der Waals surface area contributed by atoms with Gasteiger partial charge >= 0.3 is 0 Å². The summed E-state index contributed by atoms with van der Waals surface area (Å²) in [7, 11) is 0. The molecule has 19 heavy (non-hydrogen) atoms. The van der Waals surface area contributed by atoms with E-state index >= 15 is 0 Å². The standard InChI is InChI=1S/C17H20OS/c18-11-14(13-6-2-1-3-7-13)10-15-12-19-17-9-5-4-8-16(15)17/h4-5,8-10,12-13,18H,1-3,6-7,11H2. The predicted octanol–water partition coefficient (Wildman–Crippen LogP) is 4.86. The first-order chi connectivity index (χ1) is 9.38. The zero-order valence-electron chi connectivity index (χ0n) is 11.1. The third-order valence-electron chi connectivity index (χ3n) is 4.16. The fourth-order valence-corrected chi connectivity index (χ4v) is 3.99. The minimum atomic E-state index is 0.203. The van der Waals surface area contributed by atoms with Crippen LogP contribution in [0.3, 0.4) is 0 Å². The van der Waals surface area contributed by atoms with Crippen LogP contribution in [0.1, 0.15) is 37.7 Å². The maximum absolute atomic E-state index is 9.68. The molecule has 1 aromatic carbocycles. The third kappa shape index (κ3) is 2.75. The first-order valence-electron chi connectivity index (χ1n) is 7.16. The van der Waals surface area contributed by atoms with E-state index in [1.54, 1.807) is 11.3 Å². The van der Waals surface area contributed by atoms with Crippen molar-refractivity contribution in [2.24, 2.45) is 5.92 Å². The Morgan fingerprint density at radius 1 is 1.21 bits per heavy atom. The Kier molecular flexibility index (Phi) is 4.00. The lowest BCUT2D eigenvalue weighted by atomic mass is 9.83. The molecule has 1 heterocycles. The van der Waals surface area contributed by atoms with E-state index in [1.165, 1.54) is 53.3 Å². The molecule has 0 saturated heterocycles. The van der Waals surface area contributed by atoms with Crippen LogP contribution >= 0.6 is 11.3 Å². The highest BCUT2D eigenvalue weighted by Gasteiger charge is 2.17. The van der Waals surface area contributed by atoms with Gasteiger partial charge in [-0.2, -0.15) is 0 Å². The van der Waals surface area contributed by atoms with Crippen LogP contribution in [0.15, 0.2) is 35.2 Å². The Hall–Kier alpha value is -1.12. The van der Waals surface area contributed by atoms with Crippen molar-refractivity contribution in [1.82, 2.24) is 0 Å².